The summed E-state index contributed by atoms with van der Waals surface area (Å²) in [5.41, 5.74) is 2.52. The van der Waals surface area contributed by atoms with E-state index < -0.39 is 27.9 Å². The number of ketones is 1. The number of aliphatic carboxylic acids is 1. The second kappa shape index (κ2) is 11.2. The van der Waals surface area contributed by atoms with Crippen LogP contribution in [0.15, 0.2) is 89.8 Å². The third kappa shape index (κ3) is 5.45. The van der Waals surface area contributed by atoms with Gasteiger partial charge in [0.1, 0.15) is 5.75 Å². The largest absolute Gasteiger partial charge is 0.497 e. The molecule has 41 heavy (non-hydrogen) atoms. The molecule has 4 aromatic carbocycles. The Bertz CT molecular complexity index is 1800. The van der Waals surface area contributed by atoms with Crippen LogP contribution < -0.4 is 14.8 Å². The van der Waals surface area contributed by atoms with E-state index in [0.717, 1.165) is 0 Å². The molecule has 208 valence electrons. The Labute approximate surface area is 240 Å². The van der Waals surface area contributed by atoms with Crippen molar-refractivity contribution in [2.45, 2.75) is 17.5 Å². The standard InChI is InChI=1S/C30H23ClN2O7S/c1-40-19-10-12-20(13-11-19)41(38,39)32-16-18-15-17(9-14-25(18)31)27(30(36)37)33-29(35)24-8-4-7-23-26(24)21-5-2-3-6-22(21)28(23)34/h2-15,27,32H,16H2,1H3,(H,33,35)(H,36,37). The summed E-state index contributed by atoms with van der Waals surface area (Å²) in [6.07, 6.45) is 0. The molecule has 1 aliphatic carbocycles. The molecule has 0 saturated carbocycles. The molecule has 0 fully saturated rings. The zero-order chi connectivity index (χ0) is 29.3. The van der Waals surface area contributed by atoms with E-state index in [1.807, 2.05) is 0 Å². The van der Waals surface area contributed by atoms with Gasteiger partial charge in [0.05, 0.1) is 12.0 Å². The maximum Gasteiger partial charge on any atom is 0.330 e. The lowest BCUT2D eigenvalue weighted by Gasteiger charge is -2.18. The van der Waals surface area contributed by atoms with Gasteiger partial charge in [0.25, 0.3) is 5.91 Å². The molecule has 0 saturated heterocycles. The van der Waals surface area contributed by atoms with E-state index in [1.54, 1.807) is 36.4 Å². The Hall–Kier alpha value is -4.51. The Morgan fingerprint density at radius 3 is 2.29 bits per heavy atom. The molecule has 1 atom stereocenters. The molecule has 0 bridgehead atoms. The van der Waals surface area contributed by atoms with Crippen molar-refractivity contribution >= 4 is 39.3 Å². The number of carboxylic acid groups (broad SMARTS) is 1. The van der Waals surface area contributed by atoms with E-state index in [4.69, 9.17) is 16.3 Å². The number of carbonyl (C=O) groups excluding carboxylic acids is 2. The normalized spacial score (nSPS) is 12.8. The fourth-order valence-electron chi connectivity index (χ4n) is 4.68. The Morgan fingerprint density at radius 2 is 1.61 bits per heavy atom. The number of benzene rings is 4. The molecule has 0 spiro atoms. The third-order valence-corrected chi connectivity index (χ3v) is 8.53. The number of halogens is 1. The average molecular weight is 591 g/mol. The van der Waals surface area contributed by atoms with Crippen molar-refractivity contribution in [3.63, 3.8) is 0 Å². The van der Waals surface area contributed by atoms with E-state index in [9.17, 15) is 27.9 Å². The van der Waals surface area contributed by atoms with Gasteiger partial charge in [-0.05, 0) is 53.1 Å². The minimum atomic E-state index is -3.92. The van der Waals surface area contributed by atoms with Crippen molar-refractivity contribution in [3.8, 4) is 16.9 Å². The molecule has 0 radical (unpaired) electrons. The molecule has 0 heterocycles. The molecule has 1 aliphatic rings. The fraction of sp³-hybridized carbons (Fsp3) is 0.100. The number of methoxy groups -OCH3 is 1. The average Bonchev–Trinajstić information content (AvgIpc) is 3.27. The fourth-order valence-corrected chi connectivity index (χ4v) is 5.87. The van der Waals surface area contributed by atoms with Crippen molar-refractivity contribution in [1.82, 2.24) is 10.0 Å². The van der Waals surface area contributed by atoms with Gasteiger partial charge in [-0.1, -0.05) is 60.1 Å². The molecular weight excluding hydrogens is 568 g/mol. The Balaban J connectivity index is 1.40. The van der Waals surface area contributed by atoms with Crippen LogP contribution >= 0.6 is 11.6 Å². The molecule has 5 rings (SSSR count). The van der Waals surface area contributed by atoms with E-state index in [0.29, 0.717) is 33.6 Å². The smallest absolute Gasteiger partial charge is 0.330 e. The summed E-state index contributed by atoms with van der Waals surface area (Å²) in [4.78, 5) is 38.5. The predicted octanol–water partition coefficient (Wildman–Crippen LogP) is 4.59. The Morgan fingerprint density at radius 1 is 0.927 bits per heavy atom. The van der Waals surface area contributed by atoms with Gasteiger partial charge in [-0.15, -0.1) is 0 Å². The number of ether oxygens (including phenoxy) is 1. The number of nitrogens with one attached hydrogen (secondary N) is 2. The molecule has 3 N–H and O–H groups in total. The summed E-state index contributed by atoms with van der Waals surface area (Å²) in [5, 5.41) is 12.7. The highest BCUT2D eigenvalue weighted by molar-refractivity contribution is 7.89. The van der Waals surface area contributed by atoms with E-state index in [2.05, 4.69) is 10.0 Å². The van der Waals surface area contributed by atoms with Crippen LogP contribution in [0.4, 0.5) is 0 Å². The predicted molar refractivity (Wildman–Crippen MR) is 152 cm³/mol. The third-order valence-electron chi connectivity index (χ3n) is 6.74. The second-order valence-corrected chi connectivity index (χ2v) is 11.4. The topological polar surface area (TPSA) is 139 Å². The maximum atomic E-state index is 13.4. The lowest BCUT2D eigenvalue weighted by Crippen LogP contribution is -2.34. The van der Waals surface area contributed by atoms with Gasteiger partial charge in [0.2, 0.25) is 10.0 Å². The van der Waals surface area contributed by atoms with Crippen LogP contribution in [0.25, 0.3) is 11.1 Å². The molecule has 0 aromatic heterocycles. The quantitative estimate of drug-likeness (QED) is 0.228. The summed E-state index contributed by atoms with van der Waals surface area (Å²) in [6, 6.07) is 20.3. The Kier molecular flexibility index (Phi) is 7.63. The van der Waals surface area contributed by atoms with Crippen LogP contribution in [0, 0.1) is 0 Å². The summed E-state index contributed by atoms with van der Waals surface area (Å²) in [5.74, 6) is -1.73. The zero-order valence-corrected chi connectivity index (χ0v) is 23.1. The minimum absolute atomic E-state index is 0.0108. The van der Waals surface area contributed by atoms with Crippen molar-refractivity contribution in [2.24, 2.45) is 0 Å². The van der Waals surface area contributed by atoms with Gasteiger partial charge in [0.15, 0.2) is 11.8 Å². The van der Waals surface area contributed by atoms with Crippen molar-refractivity contribution in [1.29, 1.82) is 0 Å². The van der Waals surface area contributed by atoms with Gasteiger partial charge in [-0.25, -0.2) is 17.9 Å². The summed E-state index contributed by atoms with van der Waals surface area (Å²) >= 11 is 6.30. The van der Waals surface area contributed by atoms with Crippen LogP contribution in [-0.4, -0.2) is 38.3 Å². The summed E-state index contributed by atoms with van der Waals surface area (Å²) in [7, 11) is -2.45. The van der Waals surface area contributed by atoms with Crippen LogP contribution in [0.2, 0.25) is 5.02 Å². The molecule has 9 nitrogen and oxygen atoms in total. The first kappa shape index (κ1) is 28.0. The molecule has 4 aromatic rings. The van der Waals surface area contributed by atoms with Gasteiger partial charge >= 0.3 is 5.97 Å². The number of hydrogen-bond acceptors (Lipinski definition) is 6. The molecule has 0 aliphatic heterocycles. The van der Waals surface area contributed by atoms with Crippen LogP contribution in [-0.2, 0) is 21.4 Å². The number of fused-ring (bicyclic) bond motifs is 3. The number of hydrogen-bond donors (Lipinski definition) is 3. The van der Waals surface area contributed by atoms with Crippen LogP contribution in [0.1, 0.15) is 43.4 Å². The number of carboxylic acids is 1. The van der Waals surface area contributed by atoms with Gasteiger partial charge in [-0.2, -0.15) is 0 Å². The van der Waals surface area contributed by atoms with E-state index in [1.165, 1.54) is 55.6 Å². The first-order chi connectivity index (χ1) is 19.6. The number of sulfonamides is 1. The highest BCUT2D eigenvalue weighted by Crippen LogP contribution is 2.39. The van der Waals surface area contributed by atoms with Crippen LogP contribution in [0.5, 0.6) is 5.75 Å². The zero-order valence-electron chi connectivity index (χ0n) is 21.6. The van der Waals surface area contributed by atoms with Gasteiger partial charge < -0.3 is 15.2 Å². The van der Waals surface area contributed by atoms with Gasteiger partial charge in [-0.3, -0.25) is 9.59 Å². The number of carbonyl (C=O) groups is 3. The number of amides is 1. The second-order valence-electron chi connectivity index (χ2n) is 9.20. The molecule has 11 heteroatoms. The maximum absolute atomic E-state index is 13.4. The monoisotopic (exact) mass is 590 g/mol. The van der Waals surface area contributed by atoms with E-state index in [-0.39, 0.29) is 33.4 Å². The van der Waals surface area contributed by atoms with Crippen molar-refractivity contribution in [3.05, 3.63) is 118 Å². The lowest BCUT2D eigenvalue weighted by molar-refractivity contribution is -0.139. The highest BCUT2D eigenvalue weighted by atomic mass is 35.5. The lowest BCUT2D eigenvalue weighted by atomic mass is 9.98. The van der Waals surface area contributed by atoms with Crippen LogP contribution in [0.3, 0.4) is 0 Å². The first-order valence-electron chi connectivity index (χ1n) is 12.3. The van der Waals surface area contributed by atoms with Crippen molar-refractivity contribution < 1.29 is 32.6 Å². The van der Waals surface area contributed by atoms with Gasteiger partial charge in [0, 0.05) is 33.8 Å². The summed E-state index contributed by atoms with van der Waals surface area (Å²) in [6.45, 7) is -0.230. The number of rotatable bonds is 9. The van der Waals surface area contributed by atoms with E-state index >= 15 is 0 Å². The molecule has 1 unspecified atom stereocenters. The SMILES string of the molecule is COc1ccc(S(=O)(=O)NCc2cc(C(NC(=O)c3cccc4c3-c3ccccc3C4=O)C(=O)O)ccc2Cl)cc1. The van der Waals surface area contributed by atoms with Crippen molar-refractivity contribution in [2.75, 3.05) is 7.11 Å². The molecule has 1 amide bonds. The first-order valence-corrected chi connectivity index (χ1v) is 14.2. The summed E-state index contributed by atoms with van der Waals surface area (Å²) < 4.78 is 33.1. The highest BCUT2D eigenvalue weighted by Gasteiger charge is 2.32. The minimum Gasteiger partial charge on any atom is -0.497 e. The molecular formula is C30H23ClN2O7S.